The normalized spacial score (nSPS) is 24.2. The van der Waals surface area contributed by atoms with Crippen LogP contribution in [0.2, 0.25) is 16.6 Å². The molecule has 58 heavy (non-hydrogen) atoms. The number of hydrogen-bond donors (Lipinski definition) is 2. The van der Waals surface area contributed by atoms with Gasteiger partial charge in [0, 0.05) is 49.1 Å². The molecule has 4 aliphatic heterocycles. The van der Waals surface area contributed by atoms with Gasteiger partial charge in [-0.15, -0.1) is 5.54 Å². The number of benzene rings is 3. The third-order valence-corrected chi connectivity index (χ3v) is 20.1. The summed E-state index contributed by atoms with van der Waals surface area (Å²) in [5.74, 6) is 2.67. The fraction of sp³-hybridized carbons (Fsp3) is 0.522. The number of fused-ring (bicyclic) bond motifs is 5. The average Bonchev–Trinajstić information content (AvgIpc) is 3.83. The summed E-state index contributed by atoms with van der Waals surface area (Å²) in [5.41, 5.74) is 5.45. The number of aromatic nitrogens is 2. The number of rotatable bonds is 10. The summed E-state index contributed by atoms with van der Waals surface area (Å²) in [6.07, 6.45) is 5.02. The molecule has 4 aromatic rings. The van der Waals surface area contributed by atoms with E-state index in [1.807, 2.05) is 6.07 Å². The topological polar surface area (TPSA) is 83.0 Å². The van der Waals surface area contributed by atoms with E-state index in [4.69, 9.17) is 19.4 Å². The highest BCUT2D eigenvalue weighted by molar-refractivity contribution is 6.90. The summed E-state index contributed by atoms with van der Waals surface area (Å²) in [6, 6.07) is 9.78. The molecular weight excluding hydrogens is 756 g/mol. The summed E-state index contributed by atoms with van der Waals surface area (Å²) >= 11 is 0. The van der Waals surface area contributed by atoms with Gasteiger partial charge in [0.05, 0.1) is 29.6 Å². The summed E-state index contributed by atoms with van der Waals surface area (Å²) < 4.78 is 59.6. The van der Waals surface area contributed by atoms with E-state index in [1.165, 1.54) is 12.1 Å². The van der Waals surface area contributed by atoms with Crippen LogP contribution >= 0.6 is 0 Å². The van der Waals surface area contributed by atoms with Gasteiger partial charge in [-0.05, 0) is 96.1 Å². The lowest BCUT2D eigenvalue weighted by molar-refractivity contribution is 0.107. The third kappa shape index (κ3) is 6.85. The number of piperazine rings is 1. The van der Waals surface area contributed by atoms with Crippen LogP contribution in [0, 0.1) is 23.1 Å². The summed E-state index contributed by atoms with van der Waals surface area (Å²) in [4.78, 5) is 14.2. The van der Waals surface area contributed by atoms with Crippen LogP contribution in [0.5, 0.6) is 11.8 Å². The maximum absolute atomic E-state index is 17.6. The van der Waals surface area contributed by atoms with E-state index in [9.17, 15) is 9.50 Å². The van der Waals surface area contributed by atoms with Crippen molar-refractivity contribution in [2.75, 3.05) is 51.4 Å². The van der Waals surface area contributed by atoms with E-state index in [2.05, 4.69) is 68.1 Å². The molecule has 3 aromatic carbocycles. The van der Waals surface area contributed by atoms with Gasteiger partial charge in [0.25, 0.3) is 0 Å². The van der Waals surface area contributed by atoms with Gasteiger partial charge in [-0.25, -0.2) is 13.2 Å². The molecular formula is C46H56F3N5O3Si. The molecule has 5 heterocycles. The van der Waals surface area contributed by atoms with Crippen LogP contribution in [-0.4, -0.2) is 91.7 Å². The lowest BCUT2D eigenvalue weighted by Crippen LogP contribution is -2.61. The van der Waals surface area contributed by atoms with Crippen LogP contribution in [0.4, 0.5) is 19.0 Å². The minimum atomic E-state index is -2.28. The Morgan fingerprint density at radius 3 is 2.52 bits per heavy atom. The van der Waals surface area contributed by atoms with E-state index in [0.717, 1.165) is 37.8 Å². The Labute approximate surface area is 341 Å². The van der Waals surface area contributed by atoms with Gasteiger partial charge in [-0.2, -0.15) is 9.97 Å². The van der Waals surface area contributed by atoms with E-state index in [1.54, 1.807) is 25.3 Å². The van der Waals surface area contributed by atoms with Crippen LogP contribution in [0.3, 0.4) is 0 Å². The second-order valence-corrected chi connectivity index (χ2v) is 23.9. The average molecular weight is 812 g/mol. The Balaban J connectivity index is 1.29. The van der Waals surface area contributed by atoms with Gasteiger partial charge in [-0.1, -0.05) is 59.6 Å². The Morgan fingerprint density at radius 1 is 1.02 bits per heavy atom. The van der Waals surface area contributed by atoms with Gasteiger partial charge in [0.1, 0.15) is 37.6 Å². The van der Waals surface area contributed by atoms with Crippen molar-refractivity contribution in [3.05, 3.63) is 65.5 Å². The number of hydrogen-bond acceptors (Lipinski definition) is 8. The summed E-state index contributed by atoms with van der Waals surface area (Å²) in [6.45, 7) is 16.7. The van der Waals surface area contributed by atoms with Crippen LogP contribution < -0.4 is 15.0 Å². The van der Waals surface area contributed by atoms with E-state index in [-0.39, 0.29) is 52.1 Å². The number of aromatic hydroxyl groups is 1. The Bertz CT molecular complexity index is 2320. The molecule has 1 unspecified atom stereocenters. The van der Waals surface area contributed by atoms with Crippen molar-refractivity contribution in [2.24, 2.45) is 0 Å². The van der Waals surface area contributed by atoms with Crippen LogP contribution in [0.15, 0.2) is 48.3 Å². The highest BCUT2D eigenvalue weighted by Gasteiger charge is 2.48. The van der Waals surface area contributed by atoms with Crippen molar-refractivity contribution in [3.8, 4) is 34.4 Å². The zero-order valence-electron chi connectivity index (χ0n) is 34.8. The smallest absolute Gasteiger partial charge is 0.319 e. The number of nitrogens with one attached hydrogen (secondary N) is 1. The number of nitrogens with zero attached hydrogens (tertiary/aromatic N) is 4. The fourth-order valence-electron chi connectivity index (χ4n) is 11.2. The predicted molar refractivity (Wildman–Crippen MR) is 228 cm³/mol. The van der Waals surface area contributed by atoms with Crippen LogP contribution in [-0.2, 0) is 4.74 Å². The molecule has 2 bridgehead atoms. The molecule has 1 aromatic heterocycles. The minimum Gasteiger partial charge on any atom is -0.508 e. The van der Waals surface area contributed by atoms with Crippen LogP contribution in [0.25, 0.3) is 32.8 Å². The van der Waals surface area contributed by atoms with Crippen molar-refractivity contribution < 1.29 is 27.8 Å². The van der Waals surface area contributed by atoms with E-state index < -0.39 is 19.7 Å². The molecule has 0 saturated carbocycles. The second-order valence-electron chi connectivity index (χ2n) is 18.3. The summed E-state index contributed by atoms with van der Waals surface area (Å²) in [5, 5.41) is 16.3. The van der Waals surface area contributed by atoms with Crippen LogP contribution in [0.1, 0.15) is 79.2 Å². The molecule has 4 fully saturated rings. The van der Waals surface area contributed by atoms with Crippen molar-refractivity contribution in [1.29, 1.82) is 0 Å². The standard InChI is InChI=1S/C46H56F3N5O3Si/c1-28(2)58(29(3)4,30(5)6)18-14-36-39(48)12-9-32-19-34(55)20-38(40(32)36)35-10-11-37-42(41(35)49)50-44(57-27-46-15-8-17-54(46)23-31(21-46)22-47)51-43(37)53-24-33-13-16-45(25-53,52-33)26-56-7/h9-12,19-20,22,28-30,33,52,55H,8,13,15-17,21,23-27H2,1-7H3/b31-22-/t33-,45+,46?/m0/s1. The SMILES string of the molecule is COC[C@@]12CC[C@@H](CN(c3nc(OCC45CCCN4C/C(=C\F)C5)nc4c(F)c(-c5cc(O)cc6ccc(F)c(C#C[Si](C(C)C)(C(C)C)C(C)C)c56)ccc34)C1)N2. The lowest BCUT2D eigenvalue weighted by atomic mass is 9.93. The Hall–Kier alpha value is -4.15. The van der Waals surface area contributed by atoms with Crippen molar-refractivity contribution >= 4 is 35.6 Å². The maximum atomic E-state index is 17.6. The highest BCUT2D eigenvalue weighted by atomic mass is 28.3. The molecule has 0 amide bonds. The van der Waals surface area contributed by atoms with E-state index >= 15 is 8.78 Å². The molecule has 12 heteroatoms. The molecule has 4 saturated heterocycles. The monoisotopic (exact) mass is 811 g/mol. The zero-order chi connectivity index (χ0) is 41.1. The fourth-order valence-corrected chi connectivity index (χ4v) is 16.4. The van der Waals surface area contributed by atoms with Crippen molar-refractivity contribution in [1.82, 2.24) is 20.2 Å². The molecule has 2 N–H and O–H groups in total. The van der Waals surface area contributed by atoms with Gasteiger partial charge >= 0.3 is 6.01 Å². The van der Waals surface area contributed by atoms with Crippen molar-refractivity contribution in [3.63, 3.8) is 0 Å². The number of phenolic OH excluding ortho intramolecular Hbond substituents is 1. The minimum absolute atomic E-state index is 0.0415. The Morgan fingerprint density at radius 2 is 1.79 bits per heavy atom. The predicted octanol–water partition coefficient (Wildman–Crippen LogP) is 9.43. The molecule has 0 aliphatic carbocycles. The first kappa shape index (κ1) is 40.6. The molecule has 8 rings (SSSR count). The zero-order valence-corrected chi connectivity index (χ0v) is 35.8. The highest BCUT2D eigenvalue weighted by Crippen LogP contribution is 2.45. The lowest BCUT2D eigenvalue weighted by Gasteiger charge is -2.42. The number of ether oxygens (including phenoxy) is 2. The molecule has 308 valence electrons. The second kappa shape index (κ2) is 15.5. The maximum Gasteiger partial charge on any atom is 0.319 e. The molecule has 8 nitrogen and oxygen atoms in total. The molecule has 4 aliphatic rings. The third-order valence-electron chi connectivity index (χ3n) is 13.8. The molecule has 0 spiro atoms. The molecule has 3 atom stereocenters. The molecule has 0 radical (unpaired) electrons. The number of phenols is 1. The largest absolute Gasteiger partial charge is 0.508 e. The number of methoxy groups -OCH3 is 1. The number of halogens is 3. The van der Waals surface area contributed by atoms with Gasteiger partial charge in [0.15, 0.2) is 5.82 Å². The number of anilines is 1. The first-order valence-electron chi connectivity index (χ1n) is 20.9. The Kier molecular flexibility index (Phi) is 10.8. The van der Waals surface area contributed by atoms with E-state index in [0.29, 0.717) is 83.2 Å². The quantitative estimate of drug-likeness (QED) is 0.121. The van der Waals surface area contributed by atoms with Gasteiger partial charge in [0.2, 0.25) is 0 Å². The van der Waals surface area contributed by atoms with Gasteiger partial charge in [-0.3, -0.25) is 4.90 Å². The van der Waals surface area contributed by atoms with Crippen molar-refractivity contribution in [2.45, 2.75) is 107 Å². The van der Waals surface area contributed by atoms with Gasteiger partial charge < -0.3 is 24.8 Å². The first-order valence-corrected chi connectivity index (χ1v) is 23.1. The first-order chi connectivity index (χ1) is 27.7. The summed E-state index contributed by atoms with van der Waals surface area (Å²) in [7, 11) is -0.574.